The van der Waals surface area contributed by atoms with Crippen LogP contribution in [0.3, 0.4) is 0 Å². The molecule has 0 atom stereocenters. The lowest BCUT2D eigenvalue weighted by Crippen LogP contribution is -2.24. The molecule has 128 valence electrons. The van der Waals surface area contributed by atoms with E-state index in [0.717, 1.165) is 23.2 Å². The van der Waals surface area contributed by atoms with E-state index >= 15 is 0 Å². The molecule has 0 spiro atoms. The summed E-state index contributed by atoms with van der Waals surface area (Å²) in [6, 6.07) is 14.4. The summed E-state index contributed by atoms with van der Waals surface area (Å²) in [6.07, 6.45) is 1.75. The third-order valence-electron chi connectivity index (χ3n) is 3.95. The highest BCUT2D eigenvalue weighted by atomic mass is 16.6. The predicted octanol–water partition coefficient (Wildman–Crippen LogP) is 4.44. The molecule has 0 bridgehead atoms. The Labute approximate surface area is 144 Å². The maximum Gasteiger partial charge on any atom is 0.306 e. The second-order valence-electron chi connectivity index (χ2n) is 7.18. The highest BCUT2D eigenvalue weighted by Crippen LogP contribution is 2.23. The van der Waals surface area contributed by atoms with E-state index in [1.54, 1.807) is 0 Å². The molecule has 2 aromatic carbocycles. The molecule has 3 nitrogen and oxygen atoms in total. The number of hydrogen-bond donors (Lipinski definition) is 1. The molecule has 0 saturated heterocycles. The van der Waals surface area contributed by atoms with Gasteiger partial charge in [-0.1, -0.05) is 42.5 Å². The van der Waals surface area contributed by atoms with Crippen molar-refractivity contribution < 1.29 is 9.53 Å². The summed E-state index contributed by atoms with van der Waals surface area (Å²) in [5, 5.41) is 0. The molecule has 2 N–H and O–H groups in total. The molecule has 0 aromatic heterocycles. The zero-order chi connectivity index (χ0) is 17.7. The van der Waals surface area contributed by atoms with Gasteiger partial charge in [-0.15, -0.1) is 0 Å². The minimum atomic E-state index is -0.449. The van der Waals surface area contributed by atoms with Gasteiger partial charge in [-0.25, -0.2) is 0 Å². The van der Waals surface area contributed by atoms with Gasteiger partial charge >= 0.3 is 5.97 Å². The SMILES string of the molecule is Cc1ccccc1Cc1cccc(CCC(=O)OC(C)(C)C)c1N. The Hall–Kier alpha value is -2.29. The van der Waals surface area contributed by atoms with Crippen molar-refractivity contribution >= 4 is 11.7 Å². The van der Waals surface area contributed by atoms with Gasteiger partial charge in [-0.05, 0) is 62.8 Å². The summed E-state index contributed by atoms with van der Waals surface area (Å²) >= 11 is 0. The van der Waals surface area contributed by atoms with E-state index in [2.05, 4.69) is 25.1 Å². The lowest BCUT2D eigenvalue weighted by Gasteiger charge is -2.19. The zero-order valence-corrected chi connectivity index (χ0v) is 15.1. The summed E-state index contributed by atoms with van der Waals surface area (Å²) in [5.41, 5.74) is 11.3. The molecule has 0 saturated carbocycles. The van der Waals surface area contributed by atoms with Gasteiger partial charge in [0.2, 0.25) is 0 Å². The Morgan fingerprint density at radius 3 is 2.29 bits per heavy atom. The summed E-state index contributed by atoms with van der Waals surface area (Å²) in [4.78, 5) is 11.9. The normalized spacial score (nSPS) is 11.3. The third-order valence-corrected chi connectivity index (χ3v) is 3.95. The number of esters is 1. The molecule has 0 radical (unpaired) electrons. The van der Waals surface area contributed by atoms with Crippen LogP contribution in [0, 0.1) is 6.92 Å². The van der Waals surface area contributed by atoms with Crippen LogP contribution in [0.2, 0.25) is 0 Å². The third kappa shape index (κ3) is 5.12. The van der Waals surface area contributed by atoms with E-state index in [0.29, 0.717) is 12.8 Å². The Morgan fingerprint density at radius 1 is 1.00 bits per heavy atom. The minimum Gasteiger partial charge on any atom is -0.460 e. The van der Waals surface area contributed by atoms with Crippen LogP contribution in [0.4, 0.5) is 5.69 Å². The van der Waals surface area contributed by atoms with Crippen molar-refractivity contribution in [3.8, 4) is 0 Å². The van der Waals surface area contributed by atoms with E-state index < -0.39 is 5.60 Å². The standard InChI is InChI=1S/C21H27NO2/c1-15-8-5-6-9-17(15)14-18-11-7-10-16(20(18)22)12-13-19(23)24-21(2,3)4/h5-11H,12-14,22H2,1-4H3. The van der Waals surface area contributed by atoms with Gasteiger partial charge in [0, 0.05) is 12.1 Å². The van der Waals surface area contributed by atoms with Crippen LogP contribution in [0.25, 0.3) is 0 Å². The number of rotatable bonds is 5. The van der Waals surface area contributed by atoms with Gasteiger partial charge in [0.25, 0.3) is 0 Å². The van der Waals surface area contributed by atoms with Crippen LogP contribution in [0.15, 0.2) is 42.5 Å². The molecule has 0 heterocycles. The number of anilines is 1. The summed E-state index contributed by atoms with van der Waals surface area (Å²) in [7, 11) is 0. The van der Waals surface area contributed by atoms with E-state index in [-0.39, 0.29) is 5.97 Å². The fraction of sp³-hybridized carbons (Fsp3) is 0.381. The van der Waals surface area contributed by atoms with E-state index in [1.807, 2.05) is 45.0 Å². The number of para-hydroxylation sites is 1. The highest BCUT2D eigenvalue weighted by Gasteiger charge is 2.16. The Balaban J connectivity index is 2.08. The van der Waals surface area contributed by atoms with E-state index in [9.17, 15) is 4.79 Å². The molecular formula is C21H27NO2. The maximum atomic E-state index is 11.9. The van der Waals surface area contributed by atoms with Gasteiger partial charge in [0.15, 0.2) is 0 Å². The second kappa shape index (κ2) is 7.52. The molecule has 3 heteroatoms. The molecular weight excluding hydrogens is 298 g/mol. The molecule has 0 unspecified atom stereocenters. The number of nitrogen functional groups attached to an aromatic ring is 1. The first-order valence-electron chi connectivity index (χ1n) is 8.39. The molecule has 0 fully saturated rings. The minimum absolute atomic E-state index is 0.189. The van der Waals surface area contributed by atoms with Gasteiger partial charge in [0.1, 0.15) is 5.60 Å². The van der Waals surface area contributed by atoms with Crippen LogP contribution < -0.4 is 5.73 Å². The number of aryl methyl sites for hydroxylation is 2. The van der Waals surface area contributed by atoms with Crippen molar-refractivity contribution in [1.82, 2.24) is 0 Å². The molecule has 0 aliphatic rings. The molecule has 0 aliphatic heterocycles. The smallest absolute Gasteiger partial charge is 0.306 e. The van der Waals surface area contributed by atoms with Gasteiger partial charge in [0.05, 0.1) is 0 Å². The first-order valence-corrected chi connectivity index (χ1v) is 8.39. The van der Waals surface area contributed by atoms with E-state index in [4.69, 9.17) is 10.5 Å². The fourth-order valence-electron chi connectivity index (χ4n) is 2.68. The van der Waals surface area contributed by atoms with Crippen LogP contribution in [-0.4, -0.2) is 11.6 Å². The Morgan fingerprint density at radius 2 is 1.62 bits per heavy atom. The van der Waals surface area contributed by atoms with Crippen molar-refractivity contribution in [2.45, 2.75) is 52.6 Å². The van der Waals surface area contributed by atoms with Crippen molar-refractivity contribution in [2.24, 2.45) is 0 Å². The number of carbonyl (C=O) groups is 1. The number of ether oxygens (including phenoxy) is 1. The summed E-state index contributed by atoms with van der Waals surface area (Å²) < 4.78 is 5.36. The van der Waals surface area contributed by atoms with Gasteiger partial charge < -0.3 is 10.5 Å². The second-order valence-corrected chi connectivity index (χ2v) is 7.18. The van der Waals surface area contributed by atoms with Crippen molar-refractivity contribution in [3.63, 3.8) is 0 Å². The highest BCUT2D eigenvalue weighted by molar-refractivity contribution is 5.71. The molecule has 0 aliphatic carbocycles. The van der Waals surface area contributed by atoms with Gasteiger partial charge in [-0.2, -0.15) is 0 Å². The number of nitrogens with two attached hydrogens (primary N) is 1. The fourth-order valence-corrected chi connectivity index (χ4v) is 2.68. The molecule has 2 rings (SSSR count). The van der Waals surface area contributed by atoms with Crippen molar-refractivity contribution in [1.29, 1.82) is 0 Å². The number of hydrogen-bond acceptors (Lipinski definition) is 3. The van der Waals surface area contributed by atoms with Crippen molar-refractivity contribution in [3.05, 3.63) is 64.7 Å². The monoisotopic (exact) mass is 325 g/mol. The van der Waals surface area contributed by atoms with E-state index in [1.165, 1.54) is 11.1 Å². The van der Waals surface area contributed by atoms with Crippen LogP contribution in [0.5, 0.6) is 0 Å². The Bertz CT molecular complexity index is 714. The summed E-state index contributed by atoms with van der Waals surface area (Å²) in [5.74, 6) is -0.189. The molecule has 0 amide bonds. The summed E-state index contributed by atoms with van der Waals surface area (Å²) in [6.45, 7) is 7.74. The van der Waals surface area contributed by atoms with Crippen LogP contribution >= 0.6 is 0 Å². The van der Waals surface area contributed by atoms with Gasteiger partial charge in [-0.3, -0.25) is 4.79 Å². The molecule has 24 heavy (non-hydrogen) atoms. The maximum absolute atomic E-state index is 11.9. The molecule has 2 aromatic rings. The lowest BCUT2D eigenvalue weighted by atomic mass is 9.96. The quantitative estimate of drug-likeness (QED) is 0.653. The average molecular weight is 325 g/mol. The average Bonchev–Trinajstić information content (AvgIpc) is 2.48. The Kier molecular flexibility index (Phi) is 5.66. The first kappa shape index (κ1) is 18.1. The number of benzene rings is 2. The topological polar surface area (TPSA) is 52.3 Å². The predicted molar refractivity (Wildman–Crippen MR) is 99.0 cm³/mol. The largest absolute Gasteiger partial charge is 0.460 e. The first-order chi connectivity index (χ1) is 11.3. The van der Waals surface area contributed by atoms with Crippen LogP contribution in [-0.2, 0) is 22.4 Å². The zero-order valence-electron chi connectivity index (χ0n) is 15.1. The van der Waals surface area contributed by atoms with Crippen molar-refractivity contribution in [2.75, 3.05) is 5.73 Å². The van der Waals surface area contributed by atoms with Crippen LogP contribution in [0.1, 0.15) is 49.4 Å². The lowest BCUT2D eigenvalue weighted by molar-refractivity contribution is -0.154. The number of carbonyl (C=O) groups excluding carboxylic acids is 1.